The van der Waals surface area contributed by atoms with E-state index in [0.717, 1.165) is 45.8 Å². The first kappa shape index (κ1) is 20.2. The lowest BCUT2D eigenvalue weighted by atomic mass is 10.1. The fourth-order valence-electron chi connectivity index (χ4n) is 3.55. The standard InChI is InChI=1S/C25H24ClN3O/c1-18-12-14-19(15-13-18)25(30)27-16-6-11-24-28-22-9-4-5-10-23(22)29(24)17-20-7-2-3-8-21(20)26/h2-5,7-10,12-15H,6,11,16-17H2,1H3,(H,27,30). The molecule has 4 rings (SSSR count). The number of hydrogen-bond acceptors (Lipinski definition) is 2. The maximum Gasteiger partial charge on any atom is 0.251 e. The van der Waals surface area contributed by atoms with Crippen LogP contribution in [0, 0.1) is 6.92 Å². The predicted octanol–water partition coefficient (Wildman–Crippen LogP) is 5.41. The summed E-state index contributed by atoms with van der Waals surface area (Å²) in [4.78, 5) is 17.1. The van der Waals surface area contributed by atoms with E-state index in [-0.39, 0.29) is 5.91 Å². The average molecular weight is 418 g/mol. The lowest BCUT2D eigenvalue weighted by molar-refractivity contribution is 0.0953. The Labute approximate surface area is 181 Å². The van der Waals surface area contributed by atoms with Crippen LogP contribution < -0.4 is 5.32 Å². The van der Waals surface area contributed by atoms with Crippen LogP contribution >= 0.6 is 11.6 Å². The SMILES string of the molecule is Cc1ccc(C(=O)NCCCc2nc3ccccc3n2Cc2ccccc2Cl)cc1. The van der Waals surface area contributed by atoms with Crippen molar-refractivity contribution >= 4 is 28.5 Å². The summed E-state index contributed by atoms with van der Waals surface area (Å²) in [5.41, 5.74) is 4.96. The van der Waals surface area contributed by atoms with Crippen LogP contribution in [-0.2, 0) is 13.0 Å². The van der Waals surface area contributed by atoms with Crippen molar-refractivity contribution in [2.24, 2.45) is 0 Å². The van der Waals surface area contributed by atoms with Crippen molar-refractivity contribution in [3.05, 3.63) is 100 Å². The fourth-order valence-corrected chi connectivity index (χ4v) is 3.74. The molecule has 0 aliphatic carbocycles. The zero-order valence-electron chi connectivity index (χ0n) is 16.9. The lowest BCUT2D eigenvalue weighted by Gasteiger charge is -2.11. The number of halogens is 1. The molecule has 0 atom stereocenters. The second-order valence-corrected chi connectivity index (χ2v) is 7.83. The van der Waals surface area contributed by atoms with Gasteiger partial charge in [-0.15, -0.1) is 0 Å². The molecule has 0 unspecified atom stereocenters. The second-order valence-electron chi connectivity index (χ2n) is 7.42. The minimum Gasteiger partial charge on any atom is -0.352 e. The third-order valence-electron chi connectivity index (χ3n) is 5.20. The number of aromatic nitrogens is 2. The van der Waals surface area contributed by atoms with Crippen molar-refractivity contribution in [2.75, 3.05) is 6.54 Å². The number of hydrogen-bond donors (Lipinski definition) is 1. The summed E-state index contributed by atoms with van der Waals surface area (Å²) in [5.74, 6) is 0.959. The highest BCUT2D eigenvalue weighted by molar-refractivity contribution is 6.31. The highest BCUT2D eigenvalue weighted by Crippen LogP contribution is 2.22. The van der Waals surface area contributed by atoms with Gasteiger partial charge in [-0.25, -0.2) is 4.98 Å². The molecule has 0 bridgehead atoms. The van der Waals surface area contributed by atoms with E-state index in [9.17, 15) is 4.79 Å². The number of nitrogens with zero attached hydrogens (tertiary/aromatic N) is 2. The van der Waals surface area contributed by atoms with Gasteiger partial charge in [-0.1, -0.05) is 59.6 Å². The van der Waals surface area contributed by atoms with Crippen molar-refractivity contribution in [2.45, 2.75) is 26.3 Å². The summed E-state index contributed by atoms with van der Waals surface area (Å²) < 4.78 is 2.22. The van der Waals surface area contributed by atoms with Crippen molar-refractivity contribution in [1.82, 2.24) is 14.9 Å². The van der Waals surface area contributed by atoms with E-state index < -0.39 is 0 Å². The quantitative estimate of drug-likeness (QED) is 0.409. The molecule has 1 heterocycles. The summed E-state index contributed by atoms with van der Waals surface area (Å²) in [6.45, 7) is 3.28. The summed E-state index contributed by atoms with van der Waals surface area (Å²) in [6.07, 6.45) is 1.58. The van der Waals surface area contributed by atoms with Gasteiger partial charge in [0.1, 0.15) is 5.82 Å². The minimum atomic E-state index is -0.0421. The molecule has 0 saturated heterocycles. The van der Waals surface area contributed by atoms with E-state index in [1.165, 1.54) is 0 Å². The lowest BCUT2D eigenvalue weighted by Crippen LogP contribution is -2.25. The van der Waals surface area contributed by atoms with Crippen LogP contribution in [0.25, 0.3) is 11.0 Å². The number of rotatable bonds is 7. The first-order valence-electron chi connectivity index (χ1n) is 10.1. The molecular weight excluding hydrogens is 394 g/mol. The molecule has 1 aromatic heterocycles. The topological polar surface area (TPSA) is 46.9 Å². The van der Waals surface area contributed by atoms with Gasteiger partial charge >= 0.3 is 0 Å². The van der Waals surface area contributed by atoms with Gasteiger partial charge in [0.05, 0.1) is 17.6 Å². The summed E-state index contributed by atoms with van der Waals surface area (Å²) in [5, 5.41) is 3.76. The third-order valence-corrected chi connectivity index (χ3v) is 5.57. The van der Waals surface area contributed by atoms with Gasteiger partial charge in [0.15, 0.2) is 0 Å². The Morgan fingerprint density at radius 2 is 1.73 bits per heavy atom. The number of amides is 1. The zero-order valence-corrected chi connectivity index (χ0v) is 17.7. The number of carbonyl (C=O) groups is 1. The Hall–Kier alpha value is -3.11. The monoisotopic (exact) mass is 417 g/mol. The molecule has 30 heavy (non-hydrogen) atoms. The van der Waals surface area contributed by atoms with Crippen LogP contribution in [0.2, 0.25) is 5.02 Å². The van der Waals surface area contributed by atoms with Gasteiger partial charge < -0.3 is 9.88 Å². The van der Waals surface area contributed by atoms with Gasteiger partial charge in [0, 0.05) is 23.6 Å². The van der Waals surface area contributed by atoms with E-state index in [1.807, 2.05) is 73.7 Å². The highest BCUT2D eigenvalue weighted by atomic mass is 35.5. The van der Waals surface area contributed by atoms with Gasteiger partial charge in [-0.3, -0.25) is 4.79 Å². The molecule has 4 aromatic rings. The Morgan fingerprint density at radius 3 is 2.53 bits per heavy atom. The number of para-hydroxylation sites is 2. The van der Waals surface area contributed by atoms with E-state index in [1.54, 1.807) is 0 Å². The molecule has 0 aliphatic heterocycles. The van der Waals surface area contributed by atoms with E-state index in [0.29, 0.717) is 18.7 Å². The van der Waals surface area contributed by atoms with Crippen LogP contribution in [0.3, 0.4) is 0 Å². The van der Waals surface area contributed by atoms with Gasteiger partial charge in [0.2, 0.25) is 0 Å². The third kappa shape index (κ3) is 4.55. The fraction of sp³-hybridized carbons (Fsp3) is 0.200. The molecule has 0 saturated carbocycles. The number of benzene rings is 3. The molecule has 0 radical (unpaired) electrons. The molecule has 3 aromatic carbocycles. The van der Waals surface area contributed by atoms with Crippen molar-refractivity contribution in [1.29, 1.82) is 0 Å². The molecule has 152 valence electrons. The molecule has 5 heteroatoms. The molecular formula is C25H24ClN3O. The zero-order chi connectivity index (χ0) is 20.9. The smallest absolute Gasteiger partial charge is 0.251 e. The molecule has 0 aliphatic rings. The number of imidazole rings is 1. The molecule has 0 spiro atoms. The largest absolute Gasteiger partial charge is 0.352 e. The molecule has 4 nitrogen and oxygen atoms in total. The Balaban J connectivity index is 1.45. The summed E-state index contributed by atoms with van der Waals surface area (Å²) in [6, 6.07) is 23.6. The Morgan fingerprint density at radius 1 is 1.00 bits per heavy atom. The highest BCUT2D eigenvalue weighted by Gasteiger charge is 2.12. The maximum atomic E-state index is 12.3. The van der Waals surface area contributed by atoms with Crippen LogP contribution in [-0.4, -0.2) is 22.0 Å². The van der Waals surface area contributed by atoms with Crippen LogP contribution in [0.4, 0.5) is 0 Å². The maximum absolute atomic E-state index is 12.3. The second kappa shape index (κ2) is 9.14. The summed E-state index contributed by atoms with van der Waals surface area (Å²) >= 11 is 6.39. The molecule has 0 fully saturated rings. The van der Waals surface area contributed by atoms with Crippen molar-refractivity contribution in [3.63, 3.8) is 0 Å². The minimum absolute atomic E-state index is 0.0421. The Bertz CT molecular complexity index is 1160. The number of carbonyl (C=O) groups excluding carboxylic acids is 1. The van der Waals surface area contributed by atoms with Crippen molar-refractivity contribution in [3.8, 4) is 0 Å². The number of fused-ring (bicyclic) bond motifs is 1. The number of nitrogens with one attached hydrogen (secondary N) is 1. The normalized spacial score (nSPS) is 11.0. The molecule has 1 N–H and O–H groups in total. The van der Waals surface area contributed by atoms with E-state index >= 15 is 0 Å². The van der Waals surface area contributed by atoms with Crippen LogP contribution in [0.1, 0.15) is 33.7 Å². The number of aryl methyl sites for hydroxylation is 2. The summed E-state index contributed by atoms with van der Waals surface area (Å²) in [7, 11) is 0. The Kier molecular flexibility index (Phi) is 6.15. The van der Waals surface area contributed by atoms with Gasteiger partial charge in [0.25, 0.3) is 5.91 Å². The van der Waals surface area contributed by atoms with Gasteiger partial charge in [-0.2, -0.15) is 0 Å². The van der Waals surface area contributed by atoms with Crippen LogP contribution in [0.15, 0.2) is 72.8 Å². The van der Waals surface area contributed by atoms with Gasteiger partial charge in [-0.05, 0) is 49.2 Å². The van der Waals surface area contributed by atoms with Crippen LogP contribution in [0.5, 0.6) is 0 Å². The molecule has 1 amide bonds. The first-order chi connectivity index (χ1) is 14.6. The van der Waals surface area contributed by atoms with E-state index in [4.69, 9.17) is 16.6 Å². The van der Waals surface area contributed by atoms with Crippen molar-refractivity contribution < 1.29 is 4.79 Å². The van der Waals surface area contributed by atoms with E-state index in [2.05, 4.69) is 16.0 Å². The average Bonchev–Trinajstić information content (AvgIpc) is 3.10. The predicted molar refractivity (Wildman–Crippen MR) is 122 cm³/mol. The first-order valence-corrected chi connectivity index (χ1v) is 10.5.